The van der Waals surface area contributed by atoms with Gasteiger partial charge in [0.2, 0.25) is 0 Å². The Bertz CT molecular complexity index is 549. The van der Waals surface area contributed by atoms with Crippen molar-refractivity contribution in [3.8, 4) is 0 Å². The van der Waals surface area contributed by atoms with E-state index in [1.807, 2.05) is 6.20 Å². The van der Waals surface area contributed by atoms with Crippen molar-refractivity contribution in [2.24, 2.45) is 0 Å². The van der Waals surface area contributed by atoms with Gasteiger partial charge in [0.1, 0.15) is 0 Å². The molecule has 0 saturated heterocycles. The fourth-order valence-corrected chi connectivity index (χ4v) is 2.18. The molecule has 0 amide bonds. The molecule has 2 aromatic rings. The number of pyridine rings is 1. The van der Waals surface area contributed by atoms with E-state index in [2.05, 4.69) is 67.5 Å². The second kappa shape index (κ2) is 5.78. The molecule has 0 aliphatic rings. The molecule has 0 aliphatic carbocycles. The standard InChI is InChI=1S/C16H20N2/c1-4-17-15(11-12(2)3)16-14-8-6-5-7-13(14)9-10-18-16/h5-11,15,17H,4H2,1-3H3. The maximum Gasteiger partial charge on any atom is 0.0690 e. The van der Waals surface area contributed by atoms with Gasteiger partial charge in [-0.2, -0.15) is 0 Å². The average molecular weight is 240 g/mol. The quantitative estimate of drug-likeness (QED) is 0.821. The molecule has 0 spiro atoms. The van der Waals surface area contributed by atoms with Crippen molar-refractivity contribution in [3.05, 3.63) is 53.9 Å². The molecule has 2 rings (SSSR count). The second-order valence-corrected chi connectivity index (χ2v) is 4.70. The van der Waals surface area contributed by atoms with E-state index in [9.17, 15) is 0 Å². The van der Waals surface area contributed by atoms with E-state index in [1.165, 1.54) is 16.3 Å². The largest absolute Gasteiger partial charge is 0.306 e. The minimum atomic E-state index is 0.186. The number of allylic oxidation sites excluding steroid dienone is 1. The predicted molar refractivity (Wildman–Crippen MR) is 77.6 cm³/mol. The van der Waals surface area contributed by atoms with E-state index < -0.39 is 0 Å². The molecule has 2 nitrogen and oxygen atoms in total. The molecule has 0 saturated carbocycles. The third-order valence-corrected chi connectivity index (χ3v) is 2.92. The monoisotopic (exact) mass is 240 g/mol. The molecular weight excluding hydrogens is 220 g/mol. The van der Waals surface area contributed by atoms with Gasteiger partial charge in [0.25, 0.3) is 0 Å². The zero-order chi connectivity index (χ0) is 13.0. The van der Waals surface area contributed by atoms with Crippen LogP contribution < -0.4 is 5.32 Å². The predicted octanol–water partition coefficient (Wildman–Crippen LogP) is 3.85. The molecule has 1 unspecified atom stereocenters. The van der Waals surface area contributed by atoms with E-state index in [0.717, 1.165) is 12.2 Å². The van der Waals surface area contributed by atoms with Crippen LogP contribution in [0, 0.1) is 0 Å². The Morgan fingerprint density at radius 3 is 2.78 bits per heavy atom. The molecule has 2 heteroatoms. The number of fused-ring (bicyclic) bond motifs is 1. The van der Waals surface area contributed by atoms with Crippen LogP contribution in [0.1, 0.15) is 32.5 Å². The van der Waals surface area contributed by atoms with Gasteiger partial charge in [-0.25, -0.2) is 0 Å². The van der Waals surface area contributed by atoms with Crippen molar-refractivity contribution >= 4 is 10.8 Å². The van der Waals surface area contributed by atoms with Crippen molar-refractivity contribution in [1.82, 2.24) is 10.3 Å². The molecule has 1 N–H and O–H groups in total. The van der Waals surface area contributed by atoms with Crippen LogP contribution in [0.4, 0.5) is 0 Å². The van der Waals surface area contributed by atoms with Gasteiger partial charge in [0, 0.05) is 11.6 Å². The molecule has 1 aromatic carbocycles. The first-order valence-electron chi connectivity index (χ1n) is 6.44. The summed E-state index contributed by atoms with van der Waals surface area (Å²) in [6.07, 6.45) is 4.12. The summed E-state index contributed by atoms with van der Waals surface area (Å²) in [6.45, 7) is 7.29. The molecule has 94 valence electrons. The third-order valence-electron chi connectivity index (χ3n) is 2.92. The molecule has 1 heterocycles. The minimum Gasteiger partial charge on any atom is -0.306 e. The van der Waals surface area contributed by atoms with Crippen molar-refractivity contribution in [1.29, 1.82) is 0 Å². The maximum absolute atomic E-state index is 4.57. The minimum absolute atomic E-state index is 0.186. The Kier molecular flexibility index (Phi) is 4.11. The first-order chi connectivity index (χ1) is 8.72. The molecule has 0 bridgehead atoms. The van der Waals surface area contributed by atoms with Crippen molar-refractivity contribution in [2.45, 2.75) is 26.8 Å². The molecule has 18 heavy (non-hydrogen) atoms. The summed E-state index contributed by atoms with van der Waals surface area (Å²) < 4.78 is 0. The van der Waals surface area contributed by atoms with Gasteiger partial charge in [-0.1, -0.05) is 42.8 Å². The third kappa shape index (κ3) is 2.77. The van der Waals surface area contributed by atoms with Crippen molar-refractivity contribution in [3.63, 3.8) is 0 Å². The molecule has 1 aromatic heterocycles. The Hall–Kier alpha value is -1.67. The SMILES string of the molecule is CCNC(C=C(C)C)c1nccc2ccccc12. The molecule has 0 aliphatic heterocycles. The number of nitrogens with zero attached hydrogens (tertiary/aromatic N) is 1. The van der Waals surface area contributed by atoms with E-state index in [-0.39, 0.29) is 6.04 Å². The Morgan fingerprint density at radius 2 is 2.06 bits per heavy atom. The van der Waals surface area contributed by atoms with Crippen LogP contribution in [0.3, 0.4) is 0 Å². The lowest BCUT2D eigenvalue weighted by molar-refractivity contribution is 0.634. The van der Waals surface area contributed by atoms with Crippen LogP contribution >= 0.6 is 0 Å². The average Bonchev–Trinajstić information content (AvgIpc) is 2.37. The van der Waals surface area contributed by atoms with Crippen LogP contribution in [-0.4, -0.2) is 11.5 Å². The highest BCUT2D eigenvalue weighted by molar-refractivity contribution is 5.84. The number of hydrogen-bond donors (Lipinski definition) is 1. The van der Waals surface area contributed by atoms with Crippen LogP contribution in [0.15, 0.2) is 48.2 Å². The lowest BCUT2D eigenvalue weighted by Crippen LogP contribution is -2.20. The van der Waals surface area contributed by atoms with Gasteiger partial charge < -0.3 is 5.32 Å². The highest BCUT2D eigenvalue weighted by Crippen LogP contribution is 2.23. The van der Waals surface area contributed by atoms with E-state index in [1.54, 1.807) is 0 Å². The normalized spacial score (nSPS) is 12.4. The second-order valence-electron chi connectivity index (χ2n) is 4.70. The van der Waals surface area contributed by atoms with Crippen LogP contribution in [0.2, 0.25) is 0 Å². The van der Waals surface area contributed by atoms with Crippen molar-refractivity contribution in [2.75, 3.05) is 6.54 Å². The first-order valence-corrected chi connectivity index (χ1v) is 6.44. The molecule has 1 atom stereocenters. The smallest absolute Gasteiger partial charge is 0.0690 e. The molecule has 0 radical (unpaired) electrons. The van der Waals surface area contributed by atoms with E-state index >= 15 is 0 Å². The zero-order valence-corrected chi connectivity index (χ0v) is 11.3. The lowest BCUT2D eigenvalue weighted by atomic mass is 10.0. The highest BCUT2D eigenvalue weighted by Gasteiger charge is 2.11. The summed E-state index contributed by atoms with van der Waals surface area (Å²) in [5.74, 6) is 0. The summed E-state index contributed by atoms with van der Waals surface area (Å²) in [5.41, 5.74) is 2.41. The van der Waals surface area contributed by atoms with Crippen LogP contribution in [0.5, 0.6) is 0 Å². The van der Waals surface area contributed by atoms with Gasteiger partial charge in [-0.15, -0.1) is 0 Å². The summed E-state index contributed by atoms with van der Waals surface area (Å²) in [4.78, 5) is 4.57. The Balaban J connectivity index is 2.53. The van der Waals surface area contributed by atoms with Gasteiger partial charge in [-0.05, 0) is 31.8 Å². The van der Waals surface area contributed by atoms with Crippen LogP contribution in [-0.2, 0) is 0 Å². The summed E-state index contributed by atoms with van der Waals surface area (Å²) >= 11 is 0. The van der Waals surface area contributed by atoms with Gasteiger partial charge in [0.05, 0.1) is 11.7 Å². The van der Waals surface area contributed by atoms with Gasteiger partial charge >= 0.3 is 0 Å². The number of hydrogen-bond acceptors (Lipinski definition) is 2. The maximum atomic E-state index is 4.57. The van der Waals surface area contributed by atoms with Crippen molar-refractivity contribution < 1.29 is 0 Å². The van der Waals surface area contributed by atoms with Gasteiger partial charge in [-0.3, -0.25) is 4.98 Å². The fourth-order valence-electron chi connectivity index (χ4n) is 2.18. The van der Waals surface area contributed by atoms with E-state index in [4.69, 9.17) is 0 Å². The fraction of sp³-hybridized carbons (Fsp3) is 0.312. The number of rotatable bonds is 4. The number of aromatic nitrogens is 1. The van der Waals surface area contributed by atoms with Crippen LogP contribution in [0.25, 0.3) is 10.8 Å². The summed E-state index contributed by atoms with van der Waals surface area (Å²) in [6, 6.07) is 10.7. The zero-order valence-electron chi connectivity index (χ0n) is 11.3. The number of nitrogens with one attached hydrogen (secondary N) is 1. The lowest BCUT2D eigenvalue weighted by Gasteiger charge is -2.16. The summed E-state index contributed by atoms with van der Waals surface area (Å²) in [5, 5.41) is 5.95. The number of benzene rings is 1. The molecular formula is C16H20N2. The summed E-state index contributed by atoms with van der Waals surface area (Å²) in [7, 11) is 0. The van der Waals surface area contributed by atoms with E-state index in [0.29, 0.717) is 0 Å². The van der Waals surface area contributed by atoms with Gasteiger partial charge in [0.15, 0.2) is 0 Å². The first kappa shape index (κ1) is 12.8. The molecule has 0 fully saturated rings. The number of likely N-dealkylation sites (N-methyl/N-ethyl adjacent to an activating group) is 1. The Labute approximate surface area is 109 Å². The Morgan fingerprint density at radius 1 is 1.28 bits per heavy atom. The highest BCUT2D eigenvalue weighted by atomic mass is 14.9. The topological polar surface area (TPSA) is 24.9 Å².